The van der Waals surface area contributed by atoms with Crippen LogP contribution in [0.25, 0.3) is 0 Å². The number of hydrogen-bond donors (Lipinski definition) is 3. The van der Waals surface area contributed by atoms with Crippen LogP contribution < -0.4 is 11.1 Å². The maximum atomic E-state index is 12.1. The molecule has 0 saturated carbocycles. The van der Waals surface area contributed by atoms with Crippen LogP contribution in [0.15, 0.2) is 48.5 Å². The lowest BCUT2D eigenvalue weighted by Gasteiger charge is -2.13. The normalized spacial score (nSPS) is 11.7. The van der Waals surface area contributed by atoms with E-state index < -0.39 is 12.0 Å². The molecule has 0 bridgehead atoms. The molecule has 1 unspecified atom stereocenters. The summed E-state index contributed by atoms with van der Waals surface area (Å²) < 4.78 is 0. The highest BCUT2D eigenvalue weighted by Crippen LogP contribution is 2.17. The molecule has 1 atom stereocenters. The molecular formula is C16H16N2O3. The number of nitrogens with two attached hydrogens (primary N) is 1. The minimum atomic E-state index is -1.03. The number of anilines is 1. The standard InChI is InChI=1S/C16H16N2O3/c1-10-7-8-12(9-13(10)16(20)21)18-15(19)14(17)11-5-3-2-4-6-11/h2-9,14H,17H2,1H3,(H,18,19)(H,20,21). The third-order valence-electron chi connectivity index (χ3n) is 3.18. The Kier molecular flexibility index (Phi) is 4.35. The zero-order valence-corrected chi connectivity index (χ0v) is 11.5. The summed E-state index contributed by atoms with van der Waals surface area (Å²) in [6.07, 6.45) is 0. The second kappa shape index (κ2) is 6.19. The molecule has 0 radical (unpaired) electrons. The predicted octanol–water partition coefficient (Wildman–Crippen LogP) is 2.33. The van der Waals surface area contributed by atoms with Gasteiger partial charge in [0.2, 0.25) is 5.91 Å². The van der Waals surface area contributed by atoms with E-state index in [0.717, 1.165) is 0 Å². The van der Waals surface area contributed by atoms with Gasteiger partial charge in [0.25, 0.3) is 0 Å². The Bertz CT molecular complexity index is 668. The van der Waals surface area contributed by atoms with Crippen LogP contribution in [0.5, 0.6) is 0 Å². The van der Waals surface area contributed by atoms with Crippen molar-refractivity contribution in [3.8, 4) is 0 Å². The Morgan fingerprint density at radius 3 is 2.43 bits per heavy atom. The summed E-state index contributed by atoms with van der Waals surface area (Å²) in [5.74, 6) is -1.42. The number of carbonyl (C=O) groups is 2. The lowest BCUT2D eigenvalue weighted by atomic mass is 10.1. The molecule has 5 nitrogen and oxygen atoms in total. The Hall–Kier alpha value is -2.66. The Balaban J connectivity index is 2.16. The van der Waals surface area contributed by atoms with Gasteiger partial charge in [-0.1, -0.05) is 36.4 Å². The average molecular weight is 284 g/mol. The molecule has 2 aromatic carbocycles. The van der Waals surface area contributed by atoms with Gasteiger partial charge in [0.15, 0.2) is 0 Å². The van der Waals surface area contributed by atoms with Crippen molar-refractivity contribution in [1.82, 2.24) is 0 Å². The SMILES string of the molecule is Cc1ccc(NC(=O)C(N)c2ccccc2)cc1C(=O)O. The number of nitrogens with one attached hydrogen (secondary N) is 1. The highest BCUT2D eigenvalue weighted by atomic mass is 16.4. The van der Waals surface area contributed by atoms with Crippen molar-refractivity contribution in [3.63, 3.8) is 0 Å². The van der Waals surface area contributed by atoms with Crippen LogP contribution in [-0.2, 0) is 4.79 Å². The Morgan fingerprint density at radius 1 is 1.14 bits per heavy atom. The first kappa shape index (κ1) is 14.7. The van der Waals surface area contributed by atoms with Crippen molar-refractivity contribution >= 4 is 17.6 Å². The van der Waals surface area contributed by atoms with Crippen molar-refractivity contribution in [1.29, 1.82) is 0 Å². The molecule has 4 N–H and O–H groups in total. The second-order valence-electron chi connectivity index (χ2n) is 4.71. The lowest BCUT2D eigenvalue weighted by molar-refractivity contribution is -0.117. The minimum absolute atomic E-state index is 0.154. The monoisotopic (exact) mass is 284 g/mol. The molecule has 0 spiro atoms. The summed E-state index contributed by atoms with van der Waals surface area (Å²) in [5.41, 5.74) is 7.78. The van der Waals surface area contributed by atoms with Gasteiger partial charge in [-0.3, -0.25) is 4.79 Å². The summed E-state index contributed by atoms with van der Waals surface area (Å²) in [6, 6.07) is 12.9. The molecule has 0 aliphatic carbocycles. The van der Waals surface area contributed by atoms with E-state index in [9.17, 15) is 9.59 Å². The van der Waals surface area contributed by atoms with Crippen molar-refractivity contribution < 1.29 is 14.7 Å². The molecule has 1 amide bonds. The summed E-state index contributed by atoms with van der Waals surface area (Å²) >= 11 is 0. The van der Waals surface area contributed by atoms with E-state index in [4.69, 9.17) is 10.8 Å². The average Bonchev–Trinajstić information content (AvgIpc) is 2.49. The maximum Gasteiger partial charge on any atom is 0.336 e. The third kappa shape index (κ3) is 3.46. The van der Waals surface area contributed by atoms with Crippen LogP contribution in [0.3, 0.4) is 0 Å². The van der Waals surface area contributed by atoms with Crippen LogP contribution in [0.2, 0.25) is 0 Å². The molecule has 5 heteroatoms. The third-order valence-corrected chi connectivity index (χ3v) is 3.18. The number of hydrogen-bond acceptors (Lipinski definition) is 3. The van der Waals surface area contributed by atoms with Crippen molar-refractivity contribution in [2.75, 3.05) is 5.32 Å². The fourth-order valence-corrected chi connectivity index (χ4v) is 1.96. The van der Waals surface area contributed by atoms with Gasteiger partial charge in [0.1, 0.15) is 6.04 Å². The zero-order valence-electron chi connectivity index (χ0n) is 11.5. The summed E-state index contributed by atoms with van der Waals surface area (Å²) in [5, 5.41) is 11.7. The summed E-state index contributed by atoms with van der Waals surface area (Å²) in [4.78, 5) is 23.2. The number of aryl methyl sites for hydroxylation is 1. The molecule has 0 fully saturated rings. The van der Waals surface area contributed by atoms with E-state index in [1.807, 2.05) is 6.07 Å². The van der Waals surface area contributed by atoms with Crippen LogP contribution >= 0.6 is 0 Å². The first-order valence-corrected chi connectivity index (χ1v) is 6.44. The van der Waals surface area contributed by atoms with Gasteiger partial charge < -0.3 is 16.2 Å². The maximum absolute atomic E-state index is 12.1. The van der Waals surface area contributed by atoms with Gasteiger partial charge in [-0.25, -0.2) is 4.79 Å². The zero-order chi connectivity index (χ0) is 15.4. The number of benzene rings is 2. The largest absolute Gasteiger partial charge is 0.478 e. The molecule has 21 heavy (non-hydrogen) atoms. The van der Waals surface area contributed by atoms with Gasteiger partial charge in [0.05, 0.1) is 5.56 Å². The number of rotatable bonds is 4. The first-order valence-electron chi connectivity index (χ1n) is 6.44. The molecule has 0 heterocycles. The number of carboxylic acids is 1. The minimum Gasteiger partial charge on any atom is -0.478 e. The molecule has 0 aromatic heterocycles. The van der Waals surface area contributed by atoms with Crippen LogP contribution in [-0.4, -0.2) is 17.0 Å². The fraction of sp³-hybridized carbons (Fsp3) is 0.125. The predicted molar refractivity (Wildman–Crippen MR) is 80.1 cm³/mol. The van der Waals surface area contributed by atoms with E-state index in [0.29, 0.717) is 16.8 Å². The number of carbonyl (C=O) groups excluding carboxylic acids is 1. The van der Waals surface area contributed by atoms with Crippen molar-refractivity contribution in [2.24, 2.45) is 5.73 Å². The lowest BCUT2D eigenvalue weighted by Crippen LogP contribution is -2.27. The Morgan fingerprint density at radius 2 is 1.81 bits per heavy atom. The van der Waals surface area contributed by atoms with Gasteiger partial charge in [-0.2, -0.15) is 0 Å². The van der Waals surface area contributed by atoms with E-state index >= 15 is 0 Å². The van der Waals surface area contributed by atoms with Gasteiger partial charge >= 0.3 is 5.97 Å². The molecule has 2 rings (SSSR count). The number of amides is 1. The molecule has 2 aromatic rings. The van der Waals surface area contributed by atoms with Crippen molar-refractivity contribution in [2.45, 2.75) is 13.0 Å². The van der Waals surface area contributed by atoms with Gasteiger partial charge in [-0.05, 0) is 30.2 Å². The fourth-order valence-electron chi connectivity index (χ4n) is 1.96. The van der Waals surface area contributed by atoms with E-state index in [1.165, 1.54) is 6.07 Å². The molecule has 108 valence electrons. The smallest absolute Gasteiger partial charge is 0.336 e. The quantitative estimate of drug-likeness (QED) is 0.803. The van der Waals surface area contributed by atoms with Gasteiger partial charge in [-0.15, -0.1) is 0 Å². The molecule has 0 aliphatic rings. The molecule has 0 saturated heterocycles. The van der Waals surface area contributed by atoms with E-state index in [2.05, 4.69) is 5.32 Å². The van der Waals surface area contributed by atoms with Crippen LogP contribution in [0.4, 0.5) is 5.69 Å². The molecule has 0 aliphatic heterocycles. The topological polar surface area (TPSA) is 92.4 Å². The Labute approximate surface area is 122 Å². The van der Waals surface area contributed by atoms with E-state index in [-0.39, 0.29) is 11.5 Å². The molecular weight excluding hydrogens is 268 g/mol. The summed E-state index contributed by atoms with van der Waals surface area (Å²) in [6.45, 7) is 1.70. The summed E-state index contributed by atoms with van der Waals surface area (Å²) in [7, 11) is 0. The van der Waals surface area contributed by atoms with Crippen LogP contribution in [0, 0.1) is 6.92 Å². The number of aromatic carboxylic acids is 1. The number of carboxylic acid groups (broad SMARTS) is 1. The van der Waals surface area contributed by atoms with Gasteiger partial charge in [0, 0.05) is 5.69 Å². The second-order valence-corrected chi connectivity index (χ2v) is 4.71. The first-order chi connectivity index (χ1) is 9.99. The van der Waals surface area contributed by atoms with Crippen LogP contribution in [0.1, 0.15) is 27.5 Å². The highest BCUT2D eigenvalue weighted by Gasteiger charge is 2.16. The van der Waals surface area contributed by atoms with E-state index in [1.54, 1.807) is 43.3 Å². The highest BCUT2D eigenvalue weighted by molar-refractivity contribution is 5.97. The van der Waals surface area contributed by atoms with Crippen molar-refractivity contribution in [3.05, 3.63) is 65.2 Å².